The van der Waals surface area contributed by atoms with Crippen LogP contribution in [0.25, 0.3) is 0 Å². The third kappa shape index (κ3) is 5.17. The maximum absolute atomic E-state index is 13.9. The van der Waals surface area contributed by atoms with Crippen LogP contribution < -0.4 is 10.0 Å². The second kappa shape index (κ2) is 9.81. The second-order valence-corrected chi connectivity index (χ2v) is 10.3. The van der Waals surface area contributed by atoms with Crippen molar-refractivity contribution in [3.63, 3.8) is 0 Å². The topological polar surface area (TPSA) is 78.5 Å². The number of anilines is 1. The predicted octanol–water partition coefficient (Wildman–Crippen LogP) is 4.25. The monoisotopic (exact) mass is 473 g/mol. The summed E-state index contributed by atoms with van der Waals surface area (Å²) >= 11 is 1.66. The van der Waals surface area contributed by atoms with Gasteiger partial charge in [0, 0.05) is 17.0 Å². The quantitative estimate of drug-likeness (QED) is 0.513. The average Bonchev–Trinajstić information content (AvgIpc) is 3.50. The minimum absolute atomic E-state index is 0.0936. The van der Waals surface area contributed by atoms with Gasteiger partial charge in [0.1, 0.15) is 5.82 Å². The molecule has 0 radical (unpaired) electrons. The number of halogens is 1. The lowest BCUT2D eigenvalue weighted by molar-refractivity contribution is 0.0938. The van der Waals surface area contributed by atoms with Gasteiger partial charge in [0.05, 0.1) is 16.6 Å². The first-order chi connectivity index (χ1) is 15.4. The molecule has 2 aromatic carbocycles. The van der Waals surface area contributed by atoms with Crippen molar-refractivity contribution in [2.45, 2.75) is 23.8 Å². The van der Waals surface area contributed by atoms with Gasteiger partial charge in [0.25, 0.3) is 15.9 Å². The third-order valence-electron chi connectivity index (χ3n) is 5.43. The molecule has 2 N–H and O–H groups in total. The summed E-state index contributed by atoms with van der Waals surface area (Å²) in [7, 11) is -4.05. The first-order valence-electron chi connectivity index (χ1n) is 10.4. The summed E-state index contributed by atoms with van der Waals surface area (Å²) in [6.45, 7) is 2.42. The number of sulfonamides is 1. The van der Waals surface area contributed by atoms with Gasteiger partial charge in [-0.2, -0.15) is 0 Å². The number of para-hydroxylation sites is 1. The fourth-order valence-electron chi connectivity index (χ4n) is 3.79. The summed E-state index contributed by atoms with van der Waals surface area (Å²) in [5, 5.41) is 4.98. The number of benzene rings is 2. The van der Waals surface area contributed by atoms with Crippen molar-refractivity contribution < 1.29 is 17.6 Å². The van der Waals surface area contributed by atoms with Crippen molar-refractivity contribution in [2.24, 2.45) is 0 Å². The Balaban J connectivity index is 1.47. The number of amides is 1. The number of carbonyl (C=O) groups is 1. The summed E-state index contributed by atoms with van der Waals surface area (Å²) in [4.78, 5) is 16.3. The lowest BCUT2D eigenvalue weighted by Crippen LogP contribution is -2.36. The maximum Gasteiger partial charge on any atom is 0.262 e. The molecule has 0 unspecified atom stereocenters. The van der Waals surface area contributed by atoms with Crippen LogP contribution in [0.1, 0.15) is 34.1 Å². The Hall–Kier alpha value is -2.75. The molecule has 9 heteroatoms. The van der Waals surface area contributed by atoms with Gasteiger partial charge >= 0.3 is 0 Å². The highest BCUT2D eigenvalue weighted by molar-refractivity contribution is 7.92. The molecule has 1 aromatic heterocycles. The van der Waals surface area contributed by atoms with Gasteiger partial charge in [-0.05, 0) is 67.7 Å². The number of nitrogens with one attached hydrogen (secondary N) is 2. The van der Waals surface area contributed by atoms with E-state index in [1.807, 2.05) is 11.4 Å². The standard InChI is InChI=1S/C23H24FN3O3S2/c24-19-9-1-2-10-20(19)26-32(29,30)18-8-5-7-17(15-18)23(28)25-16-21(22-11-6-14-31-22)27-12-3-4-13-27/h1-2,5-11,14-15,21,26H,3-4,12-13,16H2,(H,25,28)/t21-/m1/s1. The molecule has 0 bridgehead atoms. The van der Waals surface area contributed by atoms with E-state index in [-0.39, 0.29) is 28.1 Å². The molecule has 1 saturated heterocycles. The fraction of sp³-hybridized carbons (Fsp3) is 0.261. The molecule has 0 aliphatic carbocycles. The van der Waals surface area contributed by atoms with E-state index in [9.17, 15) is 17.6 Å². The minimum atomic E-state index is -4.05. The highest BCUT2D eigenvalue weighted by atomic mass is 32.2. The van der Waals surface area contributed by atoms with Crippen LogP contribution >= 0.6 is 11.3 Å². The van der Waals surface area contributed by atoms with Crippen LogP contribution in [0.15, 0.2) is 70.9 Å². The first-order valence-corrected chi connectivity index (χ1v) is 12.7. The Morgan fingerprint density at radius 2 is 1.84 bits per heavy atom. The SMILES string of the molecule is O=C(NC[C@H](c1cccs1)N1CCCC1)c1cccc(S(=O)(=O)Nc2ccccc2F)c1. The summed E-state index contributed by atoms with van der Waals surface area (Å²) < 4.78 is 41.5. The first kappa shape index (κ1) is 22.4. The molecule has 0 spiro atoms. The van der Waals surface area contributed by atoms with Gasteiger partial charge in [0.15, 0.2) is 0 Å². The van der Waals surface area contributed by atoms with Crippen LogP contribution in [-0.4, -0.2) is 38.9 Å². The normalized spacial score (nSPS) is 15.4. The van der Waals surface area contributed by atoms with Crippen LogP contribution in [0, 0.1) is 5.82 Å². The Bertz CT molecular complexity index is 1180. The van der Waals surface area contributed by atoms with Gasteiger partial charge in [-0.15, -0.1) is 11.3 Å². The molecule has 1 amide bonds. The summed E-state index contributed by atoms with van der Waals surface area (Å²) in [5.74, 6) is -1.03. The lowest BCUT2D eigenvalue weighted by Gasteiger charge is -2.27. The van der Waals surface area contributed by atoms with E-state index in [0.29, 0.717) is 6.54 Å². The van der Waals surface area contributed by atoms with Crippen molar-refractivity contribution in [2.75, 3.05) is 24.4 Å². The van der Waals surface area contributed by atoms with E-state index >= 15 is 0 Å². The number of rotatable bonds is 8. The average molecular weight is 474 g/mol. The van der Waals surface area contributed by atoms with Crippen molar-refractivity contribution in [3.8, 4) is 0 Å². The largest absolute Gasteiger partial charge is 0.350 e. The molecular formula is C23H24FN3O3S2. The number of carbonyl (C=O) groups excluding carboxylic acids is 1. The number of thiophene rings is 1. The van der Waals surface area contributed by atoms with Gasteiger partial charge in [-0.3, -0.25) is 14.4 Å². The van der Waals surface area contributed by atoms with E-state index in [4.69, 9.17) is 0 Å². The van der Waals surface area contributed by atoms with Crippen LogP contribution in [0.2, 0.25) is 0 Å². The molecule has 1 aliphatic rings. The number of nitrogens with zero attached hydrogens (tertiary/aromatic N) is 1. The van der Waals surface area contributed by atoms with E-state index < -0.39 is 15.8 Å². The van der Waals surface area contributed by atoms with Crippen molar-refractivity contribution in [3.05, 3.63) is 82.3 Å². The molecule has 32 heavy (non-hydrogen) atoms. The van der Waals surface area contributed by atoms with Crippen LogP contribution in [0.5, 0.6) is 0 Å². The van der Waals surface area contributed by atoms with Crippen LogP contribution in [0.4, 0.5) is 10.1 Å². The van der Waals surface area contributed by atoms with Crippen molar-refractivity contribution in [1.82, 2.24) is 10.2 Å². The van der Waals surface area contributed by atoms with E-state index in [1.165, 1.54) is 47.3 Å². The highest BCUT2D eigenvalue weighted by Crippen LogP contribution is 2.28. The van der Waals surface area contributed by atoms with E-state index in [1.54, 1.807) is 17.4 Å². The molecule has 168 valence electrons. The molecular weight excluding hydrogens is 449 g/mol. The van der Waals surface area contributed by atoms with Gasteiger partial charge in [0.2, 0.25) is 0 Å². The van der Waals surface area contributed by atoms with Gasteiger partial charge < -0.3 is 5.32 Å². The molecule has 3 aromatic rings. The van der Waals surface area contributed by atoms with E-state index in [0.717, 1.165) is 25.9 Å². The third-order valence-corrected chi connectivity index (χ3v) is 7.77. The summed E-state index contributed by atoms with van der Waals surface area (Å²) in [5.41, 5.74) is 0.0829. The maximum atomic E-state index is 13.9. The minimum Gasteiger partial charge on any atom is -0.350 e. The summed E-state index contributed by atoms with van der Waals surface area (Å²) in [6, 6.07) is 15.4. The number of hydrogen-bond acceptors (Lipinski definition) is 5. The number of likely N-dealkylation sites (tertiary alicyclic amines) is 1. The molecule has 1 aliphatic heterocycles. The van der Waals surface area contributed by atoms with Crippen LogP contribution in [-0.2, 0) is 10.0 Å². The van der Waals surface area contributed by atoms with Gasteiger partial charge in [-0.1, -0.05) is 24.3 Å². The smallest absolute Gasteiger partial charge is 0.262 e. The zero-order chi connectivity index (χ0) is 22.6. The van der Waals surface area contributed by atoms with Crippen LogP contribution in [0.3, 0.4) is 0 Å². The van der Waals surface area contributed by atoms with Crippen molar-refractivity contribution >= 4 is 33.0 Å². The van der Waals surface area contributed by atoms with Crippen molar-refractivity contribution in [1.29, 1.82) is 0 Å². The fourth-order valence-corrected chi connectivity index (χ4v) is 5.76. The zero-order valence-electron chi connectivity index (χ0n) is 17.3. The Labute approximate surface area is 191 Å². The van der Waals surface area contributed by atoms with Gasteiger partial charge in [-0.25, -0.2) is 12.8 Å². The molecule has 0 saturated carbocycles. The lowest BCUT2D eigenvalue weighted by atomic mass is 10.2. The molecule has 1 atom stereocenters. The Kier molecular flexibility index (Phi) is 6.88. The molecule has 1 fully saturated rings. The Morgan fingerprint density at radius 3 is 2.56 bits per heavy atom. The zero-order valence-corrected chi connectivity index (χ0v) is 19.0. The molecule has 4 rings (SSSR count). The number of hydrogen-bond donors (Lipinski definition) is 2. The predicted molar refractivity (Wildman–Crippen MR) is 124 cm³/mol. The highest BCUT2D eigenvalue weighted by Gasteiger charge is 2.25. The van der Waals surface area contributed by atoms with E-state index in [2.05, 4.69) is 21.0 Å². The molecule has 2 heterocycles. The summed E-state index contributed by atoms with van der Waals surface area (Å²) in [6.07, 6.45) is 2.29. The molecule has 6 nitrogen and oxygen atoms in total. The Morgan fingerprint density at radius 1 is 1.06 bits per heavy atom. The second-order valence-electron chi connectivity index (χ2n) is 7.60.